The van der Waals surface area contributed by atoms with E-state index >= 15 is 0 Å². The van der Waals surface area contributed by atoms with Gasteiger partial charge in [0.15, 0.2) is 5.75 Å². The molecule has 0 radical (unpaired) electrons. The van der Waals surface area contributed by atoms with Crippen molar-refractivity contribution in [1.82, 2.24) is 0 Å². The lowest BCUT2D eigenvalue weighted by Gasteiger charge is -2.15. The highest BCUT2D eigenvalue weighted by Gasteiger charge is 2.20. The first-order chi connectivity index (χ1) is 14.8. The lowest BCUT2D eigenvalue weighted by Crippen LogP contribution is -2.16. The molecule has 1 atom stereocenters. The maximum Gasteiger partial charge on any atom is 0.310 e. The standard InChI is InChI=1S/C22H27N3O6/c1-4-6-11-30-19-12-15(21(23)26)7-9-17(19)24-22(27)16-8-10-18(25(28)29)20(13-16)31-14(3)5-2/h7-10,12-14H,4-6,11H2,1-3H3,(H2,23,26)(H,24,27). The summed E-state index contributed by atoms with van der Waals surface area (Å²) in [6.45, 7) is 6.10. The second-order valence-electron chi connectivity index (χ2n) is 7.01. The normalized spacial score (nSPS) is 11.5. The number of nitrogens with one attached hydrogen (secondary N) is 1. The van der Waals surface area contributed by atoms with Gasteiger partial charge in [0.05, 0.1) is 23.3 Å². The summed E-state index contributed by atoms with van der Waals surface area (Å²) in [7, 11) is 0. The highest BCUT2D eigenvalue weighted by Crippen LogP contribution is 2.31. The number of carbonyl (C=O) groups excluding carboxylic acids is 2. The van der Waals surface area contributed by atoms with Gasteiger partial charge < -0.3 is 20.5 Å². The van der Waals surface area contributed by atoms with Gasteiger partial charge >= 0.3 is 5.69 Å². The lowest BCUT2D eigenvalue weighted by molar-refractivity contribution is -0.386. The van der Waals surface area contributed by atoms with Gasteiger partial charge in [0.25, 0.3) is 5.91 Å². The van der Waals surface area contributed by atoms with Crippen LogP contribution in [0.15, 0.2) is 36.4 Å². The summed E-state index contributed by atoms with van der Waals surface area (Å²) < 4.78 is 11.3. The van der Waals surface area contributed by atoms with E-state index in [-0.39, 0.29) is 28.7 Å². The van der Waals surface area contributed by atoms with Gasteiger partial charge in [-0.3, -0.25) is 19.7 Å². The van der Waals surface area contributed by atoms with Crippen molar-refractivity contribution >= 4 is 23.2 Å². The maximum atomic E-state index is 12.8. The minimum atomic E-state index is -0.611. The third kappa shape index (κ3) is 6.43. The first-order valence-corrected chi connectivity index (χ1v) is 10.1. The van der Waals surface area contributed by atoms with Crippen LogP contribution in [0.25, 0.3) is 0 Å². The molecule has 0 spiro atoms. The SMILES string of the molecule is CCCCOc1cc(C(N)=O)ccc1NC(=O)c1ccc([N+](=O)[O-])c(OC(C)CC)c1. The quantitative estimate of drug-likeness (QED) is 0.311. The van der Waals surface area contributed by atoms with Gasteiger partial charge in [-0.05, 0) is 44.0 Å². The first kappa shape index (κ1) is 23.7. The van der Waals surface area contributed by atoms with Gasteiger partial charge in [0.1, 0.15) is 5.75 Å². The Hall–Kier alpha value is -3.62. The number of nitro benzene ring substituents is 1. The fourth-order valence-corrected chi connectivity index (χ4v) is 2.62. The van der Waals surface area contributed by atoms with E-state index in [2.05, 4.69) is 5.32 Å². The number of primary amides is 1. The highest BCUT2D eigenvalue weighted by atomic mass is 16.6. The summed E-state index contributed by atoms with van der Waals surface area (Å²) in [4.78, 5) is 35.0. The van der Waals surface area contributed by atoms with Crippen LogP contribution in [0.4, 0.5) is 11.4 Å². The Bertz CT molecular complexity index is 960. The molecule has 2 rings (SSSR count). The second kappa shape index (κ2) is 11.0. The number of ether oxygens (including phenoxy) is 2. The van der Waals surface area contributed by atoms with Crippen LogP contribution in [-0.2, 0) is 0 Å². The second-order valence-corrected chi connectivity index (χ2v) is 7.01. The molecule has 0 aromatic heterocycles. The minimum absolute atomic E-state index is 0.0236. The molecule has 0 bridgehead atoms. The number of amides is 2. The zero-order chi connectivity index (χ0) is 23.0. The number of carbonyl (C=O) groups is 2. The number of anilines is 1. The van der Waals surface area contributed by atoms with E-state index in [1.54, 1.807) is 6.92 Å². The molecule has 2 aromatic carbocycles. The molecule has 31 heavy (non-hydrogen) atoms. The number of hydrogen-bond acceptors (Lipinski definition) is 6. The predicted octanol–water partition coefficient (Wildman–Crippen LogP) is 4.30. The summed E-state index contributed by atoms with van der Waals surface area (Å²) in [6.07, 6.45) is 2.11. The van der Waals surface area contributed by atoms with Crippen LogP contribution in [0, 0.1) is 10.1 Å². The summed E-state index contributed by atoms with van der Waals surface area (Å²) in [5, 5.41) is 14.0. The van der Waals surface area contributed by atoms with Crippen molar-refractivity contribution < 1.29 is 24.0 Å². The summed E-state index contributed by atoms with van der Waals surface area (Å²) in [5.41, 5.74) is 5.91. The van der Waals surface area contributed by atoms with E-state index in [4.69, 9.17) is 15.2 Å². The van der Waals surface area contributed by atoms with E-state index in [0.29, 0.717) is 24.5 Å². The number of rotatable bonds is 11. The number of unbranched alkanes of at least 4 members (excludes halogenated alkanes) is 1. The molecule has 2 amide bonds. The van der Waals surface area contributed by atoms with Gasteiger partial charge in [-0.25, -0.2) is 0 Å². The van der Waals surface area contributed by atoms with Crippen LogP contribution in [0.3, 0.4) is 0 Å². The average molecular weight is 429 g/mol. The van der Waals surface area contributed by atoms with Gasteiger partial charge in [-0.15, -0.1) is 0 Å². The highest BCUT2D eigenvalue weighted by molar-refractivity contribution is 6.06. The van der Waals surface area contributed by atoms with Crippen LogP contribution < -0.4 is 20.5 Å². The zero-order valence-corrected chi connectivity index (χ0v) is 17.8. The molecule has 0 heterocycles. The van der Waals surface area contributed by atoms with Gasteiger partial charge in [-0.2, -0.15) is 0 Å². The molecule has 0 aliphatic carbocycles. The Labute approximate surface area is 180 Å². The summed E-state index contributed by atoms with van der Waals surface area (Å²) >= 11 is 0. The molecule has 3 N–H and O–H groups in total. The summed E-state index contributed by atoms with van der Waals surface area (Å²) in [5.74, 6) is -0.775. The summed E-state index contributed by atoms with van der Waals surface area (Å²) in [6, 6.07) is 8.42. The molecule has 2 aromatic rings. The number of nitrogens with zero attached hydrogens (tertiary/aromatic N) is 1. The maximum absolute atomic E-state index is 12.8. The topological polar surface area (TPSA) is 134 Å². The van der Waals surface area contributed by atoms with E-state index in [1.165, 1.54) is 36.4 Å². The smallest absolute Gasteiger partial charge is 0.310 e. The van der Waals surface area contributed by atoms with Crippen LogP contribution in [0.2, 0.25) is 0 Å². The molecular formula is C22H27N3O6. The molecule has 0 aliphatic rings. The number of nitro groups is 1. The van der Waals surface area contributed by atoms with Gasteiger partial charge in [0.2, 0.25) is 5.91 Å². The largest absolute Gasteiger partial charge is 0.491 e. The first-order valence-electron chi connectivity index (χ1n) is 10.1. The molecular weight excluding hydrogens is 402 g/mol. The van der Waals surface area contributed by atoms with Crippen molar-refractivity contribution in [2.24, 2.45) is 5.73 Å². The van der Waals surface area contributed by atoms with E-state index in [1.807, 2.05) is 13.8 Å². The van der Waals surface area contributed by atoms with Crippen molar-refractivity contribution in [2.45, 2.75) is 46.1 Å². The van der Waals surface area contributed by atoms with Gasteiger partial charge in [-0.1, -0.05) is 20.3 Å². The van der Waals surface area contributed by atoms with Crippen LogP contribution in [-0.4, -0.2) is 29.4 Å². The van der Waals surface area contributed by atoms with Crippen molar-refractivity contribution in [3.8, 4) is 11.5 Å². The molecule has 1 unspecified atom stereocenters. The van der Waals surface area contributed by atoms with Gasteiger partial charge in [0, 0.05) is 23.3 Å². The Kier molecular flexibility index (Phi) is 8.36. The molecule has 9 nitrogen and oxygen atoms in total. The van der Waals surface area contributed by atoms with Crippen molar-refractivity contribution in [3.05, 3.63) is 57.6 Å². The number of hydrogen-bond donors (Lipinski definition) is 2. The van der Waals surface area contributed by atoms with Crippen LogP contribution in [0.5, 0.6) is 11.5 Å². The molecule has 0 saturated heterocycles. The molecule has 166 valence electrons. The Morgan fingerprint density at radius 3 is 2.42 bits per heavy atom. The Morgan fingerprint density at radius 2 is 1.81 bits per heavy atom. The fourth-order valence-electron chi connectivity index (χ4n) is 2.62. The van der Waals surface area contributed by atoms with Crippen molar-refractivity contribution in [3.63, 3.8) is 0 Å². The monoisotopic (exact) mass is 429 g/mol. The average Bonchev–Trinajstić information content (AvgIpc) is 2.74. The third-order valence-corrected chi connectivity index (χ3v) is 4.59. The molecule has 9 heteroatoms. The number of nitrogens with two attached hydrogens (primary N) is 1. The number of benzene rings is 2. The molecule has 0 saturated carbocycles. The Balaban J connectivity index is 2.32. The fraction of sp³-hybridized carbons (Fsp3) is 0.364. The van der Waals surface area contributed by atoms with Crippen LogP contribution in [0.1, 0.15) is 60.7 Å². The zero-order valence-electron chi connectivity index (χ0n) is 17.8. The minimum Gasteiger partial charge on any atom is -0.491 e. The molecule has 0 fully saturated rings. The van der Waals surface area contributed by atoms with E-state index < -0.39 is 16.7 Å². The van der Waals surface area contributed by atoms with Crippen LogP contribution >= 0.6 is 0 Å². The molecule has 0 aliphatic heterocycles. The Morgan fingerprint density at radius 1 is 1.13 bits per heavy atom. The lowest BCUT2D eigenvalue weighted by atomic mass is 10.1. The van der Waals surface area contributed by atoms with E-state index in [9.17, 15) is 19.7 Å². The van der Waals surface area contributed by atoms with E-state index in [0.717, 1.165) is 12.8 Å². The third-order valence-electron chi connectivity index (χ3n) is 4.59. The predicted molar refractivity (Wildman–Crippen MR) is 117 cm³/mol. The van der Waals surface area contributed by atoms with Crippen molar-refractivity contribution in [2.75, 3.05) is 11.9 Å². The van der Waals surface area contributed by atoms with Crippen molar-refractivity contribution in [1.29, 1.82) is 0 Å².